The maximum atomic E-state index is 12.1. The number of nitrogens with zero attached hydrogens (tertiary/aromatic N) is 6. The highest BCUT2D eigenvalue weighted by Gasteiger charge is 2.19. The summed E-state index contributed by atoms with van der Waals surface area (Å²) in [6.45, 7) is -2.46. The minimum absolute atomic E-state index is 0.00374. The Kier molecular flexibility index (Phi) is 3.93. The molecule has 0 radical (unpaired) electrons. The molecule has 11 heteroatoms. The second-order valence-corrected chi connectivity index (χ2v) is 5.27. The molecule has 0 saturated heterocycles. The minimum atomic E-state index is -2.46. The largest absolute Gasteiger partial charge is 0.492 e. The van der Waals surface area contributed by atoms with Crippen molar-refractivity contribution in [2.24, 2.45) is 6.98 Å². The van der Waals surface area contributed by atoms with Crippen molar-refractivity contribution in [1.82, 2.24) is 35.3 Å². The first-order valence-electron chi connectivity index (χ1n) is 8.72. The van der Waals surface area contributed by atoms with Gasteiger partial charge in [-0.05, 0) is 6.07 Å². The molecule has 3 rings (SSSR count). The molecule has 3 aromatic rings. The lowest BCUT2D eigenvalue weighted by atomic mass is 10.2. The first-order valence-corrected chi connectivity index (χ1v) is 7.60. The average molecular weight is 378 g/mol. The molecule has 26 heavy (non-hydrogen) atoms. The SMILES string of the molecule is [2H]C([2H])([2H])n1cnc(-c2ccnc(Nc3cc(Cl)nnc3C(=O)NC)c2OC)n1. The zero-order valence-electron chi connectivity index (χ0n) is 16.7. The van der Waals surface area contributed by atoms with E-state index in [1.54, 1.807) is 6.07 Å². The van der Waals surface area contributed by atoms with Crippen LogP contribution in [0.5, 0.6) is 5.75 Å². The number of aromatic nitrogens is 6. The maximum Gasteiger partial charge on any atom is 0.273 e. The van der Waals surface area contributed by atoms with Gasteiger partial charge in [0.15, 0.2) is 28.2 Å². The molecule has 3 heterocycles. The number of ether oxygens (including phenoxy) is 1. The smallest absolute Gasteiger partial charge is 0.273 e. The topological polar surface area (TPSA) is 120 Å². The normalized spacial score (nSPS) is 12.7. The fourth-order valence-corrected chi connectivity index (χ4v) is 2.33. The number of pyridine rings is 1. The van der Waals surface area contributed by atoms with Gasteiger partial charge in [-0.15, -0.1) is 10.2 Å². The van der Waals surface area contributed by atoms with Crippen LogP contribution in [0.4, 0.5) is 11.5 Å². The molecule has 0 unspecified atom stereocenters. The first-order chi connectivity index (χ1) is 13.7. The van der Waals surface area contributed by atoms with Crippen molar-refractivity contribution >= 4 is 29.0 Å². The Morgan fingerprint density at radius 1 is 1.38 bits per heavy atom. The summed E-state index contributed by atoms with van der Waals surface area (Å²) >= 11 is 5.90. The molecule has 0 atom stereocenters. The third kappa shape index (κ3) is 3.40. The van der Waals surface area contributed by atoms with Crippen molar-refractivity contribution in [3.05, 3.63) is 35.5 Å². The van der Waals surface area contributed by atoms with Gasteiger partial charge in [-0.1, -0.05) is 11.6 Å². The van der Waals surface area contributed by atoms with E-state index in [0.29, 0.717) is 5.56 Å². The predicted octanol–water partition coefficient (Wildman–Crippen LogP) is 1.43. The molecule has 0 saturated carbocycles. The lowest BCUT2D eigenvalue weighted by Gasteiger charge is -2.14. The van der Waals surface area contributed by atoms with Crippen LogP contribution in [-0.4, -0.2) is 50.0 Å². The van der Waals surface area contributed by atoms with E-state index in [1.165, 1.54) is 26.4 Å². The van der Waals surface area contributed by atoms with Crippen LogP contribution in [0.1, 0.15) is 14.6 Å². The van der Waals surface area contributed by atoms with Crippen LogP contribution >= 0.6 is 11.6 Å². The number of hydrogen-bond acceptors (Lipinski definition) is 8. The second-order valence-electron chi connectivity index (χ2n) is 4.89. The van der Waals surface area contributed by atoms with Crippen LogP contribution in [0.3, 0.4) is 0 Å². The number of anilines is 2. The van der Waals surface area contributed by atoms with Crippen LogP contribution in [0, 0.1) is 0 Å². The summed E-state index contributed by atoms with van der Waals surface area (Å²) in [4.78, 5) is 20.3. The van der Waals surface area contributed by atoms with Gasteiger partial charge in [0.25, 0.3) is 5.91 Å². The molecular formula is C15H15ClN8O2. The van der Waals surface area contributed by atoms with E-state index in [9.17, 15) is 4.79 Å². The van der Waals surface area contributed by atoms with Gasteiger partial charge >= 0.3 is 0 Å². The van der Waals surface area contributed by atoms with E-state index in [1.807, 2.05) is 0 Å². The highest BCUT2D eigenvalue weighted by Crippen LogP contribution is 2.35. The number of aryl methyl sites for hydroxylation is 1. The molecule has 0 aliphatic carbocycles. The van der Waals surface area contributed by atoms with Crippen molar-refractivity contribution in [2.75, 3.05) is 19.5 Å². The summed E-state index contributed by atoms with van der Waals surface area (Å²) in [5.41, 5.74) is 0.631. The van der Waals surface area contributed by atoms with Crippen LogP contribution in [-0.2, 0) is 6.98 Å². The molecule has 134 valence electrons. The van der Waals surface area contributed by atoms with Crippen LogP contribution in [0.15, 0.2) is 24.7 Å². The zero-order valence-corrected chi connectivity index (χ0v) is 14.4. The van der Waals surface area contributed by atoms with Crippen molar-refractivity contribution in [3.8, 4) is 17.1 Å². The van der Waals surface area contributed by atoms with E-state index in [4.69, 9.17) is 20.5 Å². The van der Waals surface area contributed by atoms with Crippen LogP contribution < -0.4 is 15.4 Å². The average Bonchev–Trinajstić information content (AvgIpc) is 3.18. The van der Waals surface area contributed by atoms with Gasteiger partial charge < -0.3 is 15.4 Å². The third-order valence-electron chi connectivity index (χ3n) is 3.30. The summed E-state index contributed by atoms with van der Waals surface area (Å²) in [6, 6.07) is 2.98. The summed E-state index contributed by atoms with van der Waals surface area (Å²) in [5.74, 6) is 0.0850. The number of hydrogen-bond donors (Lipinski definition) is 2. The fraction of sp³-hybridized carbons (Fsp3) is 0.200. The first kappa shape index (κ1) is 14.0. The molecule has 0 bridgehead atoms. The Hall–Kier alpha value is -3.27. The van der Waals surface area contributed by atoms with Crippen molar-refractivity contribution in [3.63, 3.8) is 0 Å². The van der Waals surface area contributed by atoms with Crippen LogP contribution in [0.2, 0.25) is 5.15 Å². The van der Waals surface area contributed by atoms with E-state index < -0.39 is 12.9 Å². The van der Waals surface area contributed by atoms with Gasteiger partial charge in [0.1, 0.15) is 6.33 Å². The summed E-state index contributed by atoms with van der Waals surface area (Å²) in [6.07, 6.45) is 2.55. The summed E-state index contributed by atoms with van der Waals surface area (Å²) in [7, 11) is 2.86. The molecule has 0 aliphatic heterocycles. The molecular weight excluding hydrogens is 360 g/mol. The Morgan fingerprint density at radius 3 is 2.92 bits per heavy atom. The van der Waals surface area contributed by atoms with Gasteiger partial charge in [-0.2, -0.15) is 5.10 Å². The standard InChI is InChI=1S/C15H15ClN8O2/c1-17-15(25)11-9(6-10(16)21-22-11)20-14-12(26-3)8(4-5-18-14)13-19-7-24(2)23-13/h4-7H,1-3H3,(H,17,25)(H,18,20,21)/i2D3. The Bertz CT molecular complexity index is 1060. The lowest BCUT2D eigenvalue weighted by molar-refractivity contribution is 0.0958. The highest BCUT2D eigenvalue weighted by molar-refractivity contribution is 6.29. The van der Waals surface area contributed by atoms with Gasteiger partial charge in [-0.3, -0.25) is 9.48 Å². The Morgan fingerprint density at radius 2 is 2.23 bits per heavy atom. The van der Waals surface area contributed by atoms with Gasteiger partial charge in [0, 0.05) is 30.4 Å². The summed E-state index contributed by atoms with van der Waals surface area (Å²) in [5, 5.41) is 16.9. The predicted molar refractivity (Wildman–Crippen MR) is 94.5 cm³/mol. The molecule has 3 aromatic heterocycles. The molecule has 10 nitrogen and oxygen atoms in total. The molecule has 1 amide bonds. The number of nitrogens with one attached hydrogen (secondary N) is 2. The highest BCUT2D eigenvalue weighted by atomic mass is 35.5. The molecule has 0 fully saturated rings. The number of methoxy groups -OCH3 is 1. The van der Waals surface area contributed by atoms with E-state index in [0.717, 1.165) is 11.0 Å². The van der Waals surface area contributed by atoms with Gasteiger partial charge in [0.05, 0.1) is 18.4 Å². The number of carbonyl (C=O) groups excluding carboxylic acids is 1. The number of amides is 1. The zero-order chi connectivity index (χ0) is 21.2. The van der Waals surface area contributed by atoms with Crippen LogP contribution in [0.25, 0.3) is 11.4 Å². The van der Waals surface area contributed by atoms with E-state index in [2.05, 4.69) is 35.9 Å². The summed E-state index contributed by atoms with van der Waals surface area (Å²) < 4.78 is 28.4. The second kappa shape index (κ2) is 7.31. The Balaban J connectivity index is 2.05. The van der Waals surface area contributed by atoms with E-state index in [-0.39, 0.29) is 33.9 Å². The number of carbonyl (C=O) groups is 1. The lowest BCUT2D eigenvalue weighted by Crippen LogP contribution is -2.21. The number of halogens is 1. The minimum Gasteiger partial charge on any atom is -0.492 e. The monoisotopic (exact) mass is 377 g/mol. The molecule has 0 aliphatic rings. The van der Waals surface area contributed by atoms with Gasteiger partial charge in [-0.25, -0.2) is 9.97 Å². The maximum absolute atomic E-state index is 12.1. The quantitative estimate of drug-likeness (QED) is 0.685. The molecule has 2 N–H and O–H groups in total. The van der Waals surface area contributed by atoms with Crippen molar-refractivity contribution in [2.45, 2.75) is 0 Å². The fourth-order valence-electron chi connectivity index (χ4n) is 2.18. The Labute approximate surface area is 157 Å². The van der Waals surface area contributed by atoms with Gasteiger partial charge in [0.2, 0.25) is 0 Å². The molecule has 0 spiro atoms. The third-order valence-corrected chi connectivity index (χ3v) is 3.49. The number of rotatable bonds is 5. The van der Waals surface area contributed by atoms with Crippen molar-refractivity contribution < 1.29 is 13.6 Å². The molecule has 0 aromatic carbocycles. The van der Waals surface area contributed by atoms with Crippen molar-refractivity contribution in [1.29, 1.82) is 0 Å². The van der Waals surface area contributed by atoms with E-state index >= 15 is 0 Å².